The summed E-state index contributed by atoms with van der Waals surface area (Å²) in [4.78, 5) is 4.38. The Kier molecular flexibility index (Phi) is 5.55. The number of hydrogen-bond donors (Lipinski definition) is 1. The van der Waals surface area contributed by atoms with Gasteiger partial charge in [-0.25, -0.2) is 18.1 Å². The van der Waals surface area contributed by atoms with E-state index in [1.54, 1.807) is 0 Å². The topological polar surface area (TPSA) is 59.1 Å². The number of unbranched alkanes of at least 4 members (excludes halogenated alkanes) is 1. The van der Waals surface area contributed by atoms with E-state index in [2.05, 4.69) is 23.6 Å². The molecule has 0 aliphatic carbocycles. The Morgan fingerprint density at radius 1 is 1.47 bits per heavy atom. The van der Waals surface area contributed by atoms with Gasteiger partial charge >= 0.3 is 0 Å². The highest BCUT2D eigenvalue weighted by atomic mass is 32.2. The van der Waals surface area contributed by atoms with Gasteiger partial charge in [-0.15, -0.1) is 11.3 Å². The molecule has 4 nitrogen and oxygen atoms in total. The third kappa shape index (κ3) is 5.14. The van der Waals surface area contributed by atoms with Gasteiger partial charge in [-0.1, -0.05) is 27.2 Å². The molecule has 98 valence electrons. The molecule has 6 heteroatoms. The summed E-state index contributed by atoms with van der Waals surface area (Å²) >= 11 is 1.50. The summed E-state index contributed by atoms with van der Waals surface area (Å²) in [7, 11) is -3.14. The first-order valence-corrected chi connectivity index (χ1v) is 8.39. The fourth-order valence-corrected chi connectivity index (χ4v) is 3.41. The van der Waals surface area contributed by atoms with Gasteiger partial charge in [0.15, 0.2) is 0 Å². The molecule has 1 heterocycles. The van der Waals surface area contributed by atoms with Crippen LogP contribution < -0.4 is 4.72 Å². The average Bonchev–Trinajstić information content (AvgIpc) is 2.73. The predicted molar refractivity (Wildman–Crippen MR) is 71.7 cm³/mol. The third-order valence-corrected chi connectivity index (χ3v) is 4.65. The van der Waals surface area contributed by atoms with Crippen molar-refractivity contribution < 1.29 is 8.42 Å². The SMILES string of the molecule is CCCCS(=O)(=O)NCc1nc(C(C)C)cs1. The summed E-state index contributed by atoms with van der Waals surface area (Å²) in [5.41, 5.74) is 1.03. The molecule has 0 fully saturated rings. The fourth-order valence-electron chi connectivity index (χ4n) is 1.25. The van der Waals surface area contributed by atoms with Crippen molar-refractivity contribution in [2.45, 2.75) is 46.1 Å². The van der Waals surface area contributed by atoms with Gasteiger partial charge in [0.2, 0.25) is 10.0 Å². The molecule has 0 radical (unpaired) electrons. The van der Waals surface area contributed by atoms with Gasteiger partial charge in [0, 0.05) is 5.38 Å². The summed E-state index contributed by atoms with van der Waals surface area (Å²) in [5.74, 6) is 0.586. The summed E-state index contributed by atoms with van der Waals surface area (Å²) < 4.78 is 25.7. The van der Waals surface area contributed by atoms with Crippen LogP contribution in [0.4, 0.5) is 0 Å². The van der Waals surface area contributed by atoms with Crippen LogP contribution in [-0.2, 0) is 16.6 Å². The number of thiazole rings is 1. The van der Waals surface area contributed by atoms with Crippen LogP contribution in [-0.4, -0.2) is 19.2 Å². The minimum Gasteiger partial charge on any atom is -0.245 e. The van der Waals surface area contributed by atoms with E-state index >= 15 is 0 Å². The molecule has 0 bridgehead atoms. The van der Waals surface area contributed by atoms with Crippen LogP contribution >= 0.6 is 11.3 Å². The molecule has 17 heavy (non-hydrogen) atoms. The highest BCUT2D eigenvalue weighted by molar-refractivity contribution is 7.89. The zero-order valence-electron chi connectivity index (χ0n) is 10.6. The van der Waals surface area contributed by atoms with Crippen molar-refractivity contribution >= 4 is 21.4 Å². The predicted octanol–water partition coefficient (Wildman–Crippen LogP) is 2.49. The quantitative estimate of drug-likeness (QED) is 0.832. The van der Waals surface area contributed by atoms with E-state index in [-0.39, 0.29) is 5.75 Å². The Morgan fingerprint density at radius 3 is 2.71 bits per heavy atom. The van der Waals surface area contributed by atoms with Crippen molar-refractivity contribution in [3.63, 3.8) is 0 Å². The second-order valence-corrected chi connectivity index (χ2v) is 7.18. The molecule has 0 aromatic carbocycles. The molecule has 1 aromatic heterocycles. The number of sulfonamides is 1. The highest BCUT2D eigenvalue weighted by Gasteiger charge is 2.11. The Balaban J connectivity index is 2.49. The van der Waals surface area contributed by atoms with Crippen LogP contribution in [0.5, 0.6) is 0 Å². The van der Waals surface area contributed by atoms with Crippen molar-refractivity contribution in [1.82, 2.24) is 9.71 Å². The molecular weight excluding hydrogens is 256 g/mol. The van der Waals surface area contributed by atoms with Crippen molar-refractivity contribution in [1.29, 1.82) is 0 Å². The number of aromatic nitrogens is 1. The Hall–Kier alpha value is -0.460. The summed E-state index contributed by atoms with van der Waals surface area (Å²) in [6.07, 6.45) is 1.58. The molecule has 1 rings (SSSR count). The zero-order chi connectivity index (χ0) is 12.9. The highest BCUT2D eigenvalue weighted by Crippen LogP contribution is 2.17. The van der Waals surface area contributed by atoms with Crippen molar-refractivity contribution in [2.75, 3.05) is 5.75 Å². The van der Waals surface area contributed by atoms with E-state index in [1.165, 1.54) is 11.3 Å². The van der Waals surface area contributed by atoms with Gasteiger partial charge < -0.3 is 0 Å². The minimum atomic E-state index is -3.14. The van der Waals surface area contributed by atoms with Crippen LogP contribution in [0.25, 0.3) is 0 Å². The summed E-state index contributed by atoms with van der Waals surface area (Å²) in [6, 6.07) is 0. The molecule has 0 aliphatic rings. The summed E-state index contributed by atoms with van der Waals surface area (Å²) in [5, 5.41) is 2.81. The number of rotatable bonds is 7. The average molecular weight is 276 g/mol. The first-order chi connectivity index (χ1) is 7.94. The molecular formula is C11H20N2O2S2. The van der Waals surface area contributed by atoms with Gasteiger partial charge in [-0.3, -0.25) is 0 Å². The van der Waals surface area contributed by atoms with Crippen molar-refractivity contribution in [3.05, 3.63) is 16.1 Å². The summed E-state index contributed by atoms with van der Waals surface area (Å²) in [6.45, 7) is 6.43. The number of nitrogens with zero attached hydrogens (tertiary/aromatic N) is 1. The molecule has 1 N–H and O–H groups in total. The lowest BCUT2D eigenvalue weighted by molar-refractivity contribution is 0.577. The van der Waals surface area contributed by atoms with Crippen LogP contribution in [0.15, 0.2) is 5.38 Å². The fraction of sp³-hybridized carbons (Fsp3) is 0.727. The van der Waals surface area contributed by atoms with Gasteiger partial charge in [-0.05, 0) is 12.3 Å². The second-order valence-electron chi connectivity index (χ2n) is 4.31. The van der Waals surface area contributed by atoms with Gasteiger partial charge in [0.25, 0.3) is 0 Å². The molecule has 0 amide bonds. The van der Waals surface area contributed by atoms with Crippen LogP contribution in [0.1, 0.15) is 50.2 Å². The minimum absolute atomic E-state index is 0.200. The van der Waals surface area contributed by atoms with E-state index in [1.807, 2.05) is 12.3 Å². The third-order valence-electron chi connectivity index (χ3n) is 2.37. The molecule has 0 spiro atoms. The first-order valence-electron chi connectivity index (χ1n) is 5.86. The molecule has 1 aromatic rings. The van der Waals surface area contributed by atoms with E-state index in [0.29, 0.717) is 18.9 Å². The second kappa shape index (κ2) is 6.47. The van der Waals surface area contributed by atoms with E-state index in [4.69, 9.17) is 0 Å². The molecule has 0 saturated carbocycles. The Bertz CT molecular complexity index is 438. The standard InChI is InChI=1S/C11H20N2O2S2/c1-4-5-6-17(14,15)12-7-11-13-10(8-16-11)9(2)3/h8-9,12H,4-7H2,1-3H3. The molecule has 0 saturated heterocycles. The van der Waals surface area contributed by atoms with Gasteiger partial charge in [0.1, 0.15) is 5.01 Å². The lowest BCUT2D eigenvalue weighted by atomic mass is 10.2. The lowest BCUT2D eigenvalue weighted by Crippen LogP contribution is -2.25. The Morgan fingerprint density at radius 2 is 2.18 bits per heavy atom. The van der Waals surface area contributed by atoms with E-state index in [9.17, 15) is 8.42 Å². The first kappa shape index (κ1) is 14.6. The van der Waals surface area contributed by atoms with Gasteiger partial charge in [-0.2, -0.15) is 0 Å². The van der Waals surface area contributed by atoms with Crippen molar-refractivity contribution in [2.24, 2.45) is 0 Å². The molecule has 0 aliphatic heterocycles. The maximum absolute atomic E-state index is 11.6. The van der Waals surface area contributed by atoms with Crippen molar-refractivity contribution in [3.8, 4) is 0 Å². The lowest BCUT2D eigenvalue weighted by Gasteiger charge is -2.03. The Labute approximate surface area is 108 Å². The van der Waals surface area contributed by atoms with Crippen LogP contribution in [0.2, 0.25) is 0 Å². The maximum Gasteiger partial charge on any atom is 0.211 e. The number of nitrogens with one attached hydrogen (secondary N) is 1. The maximum atomic E-state index is 11.6. The number of hydrogen-bond acceptors (Lipinski definition) is 4. The normalized spacial score (nSPS) is 12.2. The molecule has 0 atom stereocenters. The van der Waals surface area contributed by atoms with Crippen LogP contribution in [0, 0.1) is 0 Å². The van der Waals surface area contributed by atoms with E-state index in [0.717, 1.165) is 17.1 Å². The smallest absolute Gasteiger partial charge is 0.211 e. The molecule has 0 unspecified atom stereocenters. The largest absolute Gasteiger partial charge is 0.245 e. The van der Waals surface area contributed by atoms with E-state index < -0.39 is 10.0 Å². The van der Waals surface area contributed by atoms with Crippen LogP contribution in [0.3, 0.4) is 0 Å². The monoisotopic (exact) mass is 276 g/mol. The van der Waals surface area contributed by atoms with Gasteiger partial charge in [0.05, 0.1) is 18.0 Å². The zero-order valence-corrected chi connectivity index (χ0v) is 12.2.